The van der Waals surface area contributed by atoms with Gasteiger partial charge in [-0.1, -0.05) is 37.8 Å². The van der Waals surface area contributed by atoms with Crippen LogP contribution in [0.5, 0.6) is 0 Å². The molecule has 0 aromatic heterocycles. The van der Waals surface area contributed by atoms with E-state index in [1.807, 2.05) is 25.2 Å². The van der Waals surface area contributed by atoms with Crippen LogP contribution < -0.4 is 0 Å². The van der Waals surface area contributed by atoms with Crippen LogP contribution in [0.4, 0.5) is 0 Å². The Morgan fingerprint density at radius 3 is 2.70 bits per heavy atom. The molecule has 0 aromatic rings. The van der Waals surface area contributed by atoms with Gasteiger partial charge >= 0.3 is 0 Å². The van der Waals surface area contributed by atoms with Crippen molar-refractivity contribution in [2.75, 3.05) is 0 Å². The normalized spacial score (nSPS) is 38.0. The summed E-state index contributed by atoms with van der Waals surface area (Å²) in [6.07, 6.45) is 9.05. The molecule has 0 heterocycles. The summed E-state index contributed by atoms with van der Waals surface area (Å²) in [5.74, 6) is 0.134. The van der Waals surface area contributed by atoms with E-state index in [0.717, 1.165) is 0 Å². The number of allylic oxidation sites excluding steroid dienone is 2. The molecule has 1 aliphatic rings. The van der Waals surface area contributed by atoms with Gasteiger partial charge < -0.3 is 5.11 Å². The molecule has 0 spiro atoms. The average molecular weight is 136 g/mol. The molecular formula is C9H12O. The second-order valence-electron chi connectivity index (χ2n) is 2.62. The molecule has 1 N–H and O–H groups in total. The zero-order chi connectivity index (χ0) is 7.61. The molecule has 0 saturated carbocycles. The minimum atomic E-state index is -0.825. The Morgan fingerprint density at radius 2 is 2.30 bits per heavy atom. The maximum Gasteiger partial charge on any atom is 0.107 e. The molecule has 0 aromatic carbocycles. The van der Waals surface area contributed by atoms with Crippen molar-refractivity contribution in [3.05, 3.63) is 37.0 Å². The Kier molecular flexibility index (Phi) is 1.77. The van der Waals surface area contributed by atoms with Gasteiger partial charge in [-0.25, -0.2) is 0 Å². The Hall–Kier alpha value is -0.820. The first kappa shape index (κ1) is 7.29. The smallest absolute Gasteiger partial charge is 0.107 e. The molecular weight excluding hydrogens is 124 g/mol. The van der Waals surface area contributed by atoms with Crippen LogP contribution in [0.2, 0.25) is 0 Å². The van der Waals surface area contributed by atoms with Crippen molar-refractivity contribution in [2.45, 2.75) is 12.5 Å². The Bertz CT molecular complexity index is 191. The van der Waals surface area contributed by atoms with Crippen LogP contribution >= 0.6 is 0 Å². The lowest BCUT2D eigenvalue weighted by Gasteiger charge is -2.27. The van der Waals surface area contributed by atoms with Gasteiger partial charge in [0.2, 0.25) is 0 Å². The summed E-state index contributed by atoms with van der Waals surface area (Å²) in [4.78, 5) is 0. The highest BCUT2D eigenvalue weighted by Crippen LogP contribution is 2.24. The van der Waals surface area contributed by atoms with E-state index in [1.54, 1.807) is 12.2 Å². The first-order chi connectivity index (χ1) is 4.69. The second kappa shape index (κ2) is 2.43. The zero-order valence-electron chi connectivity index (χ0n) is 6.12. The van der Waals surface area contributed by atoms with Gasteiger partial charge in [0.1, 0.15) is 5.60 Å². The van der Waals surface area contributed by atoms with Crippen molar-refractivity contribution in [3.8, 4) is 0 Å². The van der Waals surface area contributed by atoms with Gasteiger partial charge in [-0.15, -0.1) is 0 Å². The van der Waals surface area contributed by atoms with E-state index in [2.05, 4.69) is 6.58 Å². The topological polar surface area (TPSA) is 20.2 Å². The van der Waals surface area contributed by atoms with Crippen LogP contribution in [0.3, 0.4) is 0 Å². The molecule has 1 heteroatoms. The van der Waals surface area contributed by atoms with Crippen molar-refractivity contribution in [1.29, 1.82) is 0 Å². The summed E-state index contributed by atoms with van der Waals surface area (Å²) < 4.78 is 0. The molecule has 2 unspecified atom stereocenters. The third kappa shape index (κ3) is 1.05. The summed E-state index contributed by atoms with van der Waals surface area (Å²) >= 11 is 0. The molecule has 1 aliphatic carbocycles. The van der Waals surface area contributed by atoms with Crippen LogP contribution in [0, 0.1) is 5.92 Å². The van der Waals surface area contributed by atoms with Crippen LogP contribution in [0.15, 0.2) is 37.0 Å². The van der Waals surface area contributed by atoms with Crippen LogP contribution in [0.1, 0.15) is 6.92 Å². The van der Waals surface area contributed by atoms with Crippen molar-refractivity contribution in [2.24, 2.45) is 5.92 Å². The maximum absolute atomic E-state index is 9.69. The number of hydrogen-bond donors (Lipinski definition) is 1. The third-order valence-corrected chi connectivity index (χ3v) is 1.93. The predicted octanol–water partition coefficient (Wildman–Crippen LogP) is 1.67. The SMILES string of the molecule is C=CC1(O)C=CC=CC1C. The van der Waals surface area contributed by atoms with Gasteiger partial charge in [0.15, 0.2) is 0 Å². The van der Waals surface area contributed by atoms with E-state index in [4.69, 9.17) is 0 Å². The highest BCUT2D eigenvalue weighted by atomic mass is 16.3. The van der Waals surface area contributed by atoms with Crippen LogP contribution in [-0.4, -0.2) is 10.7 Å². The monoisotopic (exact) mass is 136 g/mol. The summed E-state index contributed by atoms with van der Waals surface area (Å²) in [5, 5.41) is 9.69. The summed E-state index contributed by atoms with van der Waals surface area (Å²) in [7, 11) is 0. The van der Waals surface area contributed by atoms with Crippen LogP contribution in [0.25, 0.3) is 0 Å². The van der Waals surface area contributed by atoms with Gasteiger partial charge in [-0.3, -0.25) is 0 Å². The van der Waals surface area contributed by atoms with Gasteiger partial charge in [-0.05, 0) is 6.08 Å². The lowest BCUT2D eigenvalue weighted by atomic mass is 9.85. The average Bonchev–Trinajstić information content (AvgIpc) is 1.96. The molecule has 0 amide bonds. The summed E-state index contributed by atoms with van der Waals surface area (Å²) in [6, 6.07) is 0. The standard InChI is InChI=1S/C9H12O/c1-3-9(10)7-5-4-6-8(9)2/h3-8,10H,1H2,2H3. The fraction of sp³-hybridized carbons (Fsp3) is 0.333. The van der Waals surface area contributed by atoms with E-state index < -0.39 is 5.60 Å². The Labute approximate surface area is 61.4 Å². The highest BCUT2D eigenvalue weighted by Gasteiger charge is 2.26. The van der Waals surface area contributed by atoms with Crippen molar-refractivity contribution < 1.29 is 5.11 Å². The Balaban J connectivity index is 2.87. The fourth-order valence-electron chi connectivity index (χ4n) is 1.00. The lowest BCUT2D eigenvalue weighted by molar-refractivity contribution is 0.103. The van der Waals surface area contributed by atoms with Crippen molar-refractivity contribution >= 4 is 0 Å². The van der Waals surface area contributed by atoms with Gasteiger partial charge in [0.25, 0.3) is 0 Å². The van der Waals surface area contributed by atoms with Crippen molar-refractivity contribution in [3.63, 3.8) is 0 Å². The van der Waals surface area contributed by atoms with Crippen LogP contribution in [-0.2, 0) is 0 Å². The second-order valence-corrected chi connectivity index (χ2v) is 2.62. The highest BCUT2D eigenvalue weighted by molar-refractivity contribution is 5.25. The zero-order valence-corrected chi connectivity index (χ0v) is 6.12. The lowest BCUT2D eigenvalue weighted by Crippen LogP contribution is -2.31. The molecule has 0 fully saturated rings. The Morgan fingerprint density at radius 1 is 1.60 bits per heavy atom. The maximum atomic E-state index is 9.69. The molecule has 0 bridgehead atoms. The third-order valence-electron chi connectivity index (χ3n) is 1.93. The summed E-state index contributed by atoms with van der Waals surface area (Å²) in [5.41, 5.74) is -0.825. The van der Waals surface area contributed by atoms with Crippen molar-refractivity contribution in [1.82, 2.24) is 0 Å². The molecule has 1 nitrogen and oxygen atoms in total. The molecule has 54 valence electrons. The first-order valence-electron chi connectivity index (χ1n) is 3.41. The molecule has 1 rings (SSSR count). The quantitative estimate of drug-likeness (QED) is 0.543. The number of aliphatic hydroxyl groups is 1. The minimum Gasteiger partial charge on any atom is -0.381 e. The molecule has 10 heavy (non-hydrogen) atoms. The van der Waals surface area contributed by atoms with E-state index in [0.29, 0.717) is 0 Å². The molecule has 0 radical (unpaired) electrons. The minimum absolute atomic E-state index is 0.134. The predicted molar refractivity (Wildman–Crippen MR) is 42.6 cm³/mol. The van der Waals surface area contributed by atoms with Gasteiger partial charge in [-0.2, -0.15) is 0 Å². The van der Waals surface area contributed by atoms with Gasteiger partial charge in [0, 0.05) is 5.92 Å². The molecule has 0 aliphatic heterocycles. The largest absolute Gasteiger partial charge is 0.381 e. The first-order valence-corrected chi connectivity index (χ1v) is 3.41. The van der Waals surface area contributed by atoms with E-state index >= 15 is 0 Å². The number of hydrogen-bond acceptors (Lipinski definition) is 1. The van der Waals surface area contributed by atoms with E-state index in [9.17, 15) is 5.11 Å². The molecule has 0 saturated heterocycles. The fourth-order valence-corrected chi connectivity index (χ4v) is 1.00. The van der Waals surface area contributed by atoms with E-state index in [-0.39, 0.29) is 5.92 Å². The molecule has 2 atom stereocenters. The summed E-state index contributed by atoms with van der Waals surface area (Å²) in [6.45, 7) is 5.53. The van der Waals surface area contributed by atoms with Gasteiger partial charge in [0.05, 0.1) is 0 Å². The van der Waals surface area contributed by atoms with E-state index in [1.165, 1.54) is 0 Å². The number of rotatable bonds is 1.